The van der Waals surface area contributed by atoms with Gasteiger partial charge in [0.15, 0.2) is 4.77 Å². The highest BCUT2D eigenvalue weighted by atomic mass is 35.5. The second kappa shape index (κ2) is 9.75. The van der Waals surface area contributed by atoms with Crippen LogP contribution in [0.2, 0.25) is 10.0 Å². The van der Waals surface area contributed by atoms with E-state index >= 15 is 0 Å². The number of methoxy groups -OCH3 is 1. The van der Waals surface area contributed by atoms with E-state index in [0.717, 1.165) is 5.56 Å². The first kappa shape index (κ1) is 22.5. The lowest BCUT2D eigenvalue weighted by Crippen LogP contribution is -2.27. The summed E-state index contributed by atoms with van der Waals surface area (Å²) in [5.41, 5.74) is 1.48. The van der Waals surface area contributed by atoms with Crippen molar-refractivity contribution in [2.24, 2.45) is 0 Å². The van der Waals surface area contributed by atoms with E-state index in [0.29, 0.717) is 50.9 Å². The summed E-state index contributed by atoms with van der Waals surface area (Å²) in [6.07, 6.45) is 0.672. The fourth-order valence-electron chi connectivity index (χ4n) is 3.18. The zero-order valence-corrected chi connectivity index (χ0v) is 18.8. The lowest BCUT2D eigenvalue weighted by molar-refractivity contribution is 0.0940. The standard InChI is InChI=1S/C21H21Cl2N3O3S/c1-12(15-7-5-14(22)11-17(15)23)24-19(27)13-4-6-16-18(10-13)25-21(30)26(20(16)28)8-3-9-29-2/h4-7,10-12H,3,8-9H2,1-2H3,(H,24,27)(H,25,30). The molecule has 30 heavy (non-hydrogen) atoms. The van der Waals surface area contributed by atoms with Crippen molar-refractivity contribution in [1.82, 2.24) is 14.9 Å². The van der Waals surface area contributed by atoms with Crippen LogP contribution in [0.15, 0.2) is 41.2 Å². The number of nitrogens with one attached hydrogen (secondary N) is 2. The number of rotatable bonds is 7. The van der Waals surface area contributed by atoms with Gasteiger partial charge in [-0.2, -0.15) is 0 Å². The minimum Gasteiger partial charge on any atom is -0.385 e. The van der Waals surface area contributed by atoms with E-state index in [1.54, 1.807) is 43.5 Å². The summed E-state index contributed by atoms with van der Waals surface area (Å²) in [4.78, 5) is 28.5. The summed E-state index contributed by atoms with van der Waals surface area (Å²) >= 11 is 17.5. The second-order valence-electron chi connectivity index (χ2n) is 6.85. The van der Waals surface area contributed by atoms with Crippen molar-refractivity contribution in [3.05, 3.63) is 72.7 Å². The summed E-state index contributed by atoms with van der Waals surface area (Å²) in [5.74, 6) is -0.293. The fraction of sp³-hybridized carbons (Fsp3) is 0.286. The number of benzene rings is 2. The van der Waals surface area contributed by atoms with Crippen LogP contribution in [-0.2, 0) is 11.3 Å². The van der Waals surface area contributed by atoms with Crippen LogP contribution in [-0.4, -0.2) is 29.2 Å². The third-order valence-electron chi connectivity index (χ3n) is 4.75. The maximum atomic E-state index is 12.8. The zero-order valence-electron chi connectivity index (χ0n) is 16.5. The Kier molecular flexibility index (Phi) is 7.31. The molecular weight excluding hydrogens is 445 g/mol. The van der Waals surface area contributed by atoms with Gasteiger partial charge in [-0.15, -0.1) is 0 Å². The summed E-state index contributed by atoms with van der Waals surface area (Å²) in [6.45, 7) is 2.83. The molecule has 2 N–H and O–H groups in total. The highest BCUT2D eigenvalue weighted by Crippen LogP contribution is 2.26. The number of aromatic amines is 1. The molecule has 3 aromatic rings. The number of H-pyrrole nitrogens is 1. The Morgan fingerprint density at radius 1 is 1.27 bits per heavy atom. The maximum Gasteiger partial charge on any atom is 0.262 e. The Hall–Kier alpha value is -2.19. The van der Waals surface area contributed by atoms with Gasteiger partial charge in [0, 0.05) is 35.9 Å². The van der Waals surface area contributed by atoms with E-state index in [1.165, 1.54) is 4.57 Å². The van der Waals surface area contributed by atoms with E-state index in [1.807, 2.05) is 6.92 Å². The normalized spacial score (nSPS) is 12.1. The number of amides is 1. The Bertz CT molecular complexity index is 1210. The molecule has 1 unspecified atom stereocenters. The molecule has 0 saturated carbocycles. The van der Waals surface area contributed by atoms with Gasteiger partial charge in [-0.25, -0.2) is 0 Å². The van der Waals surface area contributed by atoms with Crippen LogP contribution in [0.3, 0.4) is 0 Å². The van der Waals surface area contributed by atoms with Crippen LogP contribution >= 0.6 is 35.4 Å². The molecular formula is C21H21Cl2N3O3S. The molecule has 158 valence electrons. The first-order valence-electron chi connectivity index (χ1n) is 9.33. The van der Waals surface area contributed by atoms with Crippen molar-refractivity contribution in [1.29, 1.82) is 0 Å². The average molecular weight is 466 g/mol. The van der Waals surface area contributed by atoms with Crippen molar-refractivity contribution < 1.29 is 9.53 Å². The zero-order chi connectivity index (χ0) is 21.8. The molecule has 0 spiro atoms. The van der Waals surface area contributed by atoms with E-state index in [-0.39, 0.29) is 17.5 Å². The van der Waals surface area contributed by atoms with E-state index < -0.39 is 0 Å². The van der Waals surface area contributed by atoms with Gasteiger partial charge in [-0.1, -0.05) is 29.3 Å². The lowest BCUT2D eigenvalue weighted by Gasteiger charge is -2.16. The fourth-order valence-corrected chi connectivity index (χ4v) is 4.03. The molecule has 6 nitrogen and oxygen atoms in total. The van der Waals surface area contributed by atoms with Gasteiger partial charge in [0.05, 0.1) is 16.9 Å². The predicted octanol–water partition coefficient (Wildman–Crippen LogP) is 4.89. The van der Waals surface area contributed by atoms with Gasteiger partial charge in [0.1, 0.15) is 0 Å². The molecule has 0 aliphatic rings. The minimum absolute atomic E-state index is 0.196. The molecule has 3 rings (SSSR count). The largest absolute Gasteiger partial charge is 0.385 e. The number of aromatic nitrogens is 2. The van der Waals surface area contributed by atoms with Crippen LogP contribution in [0.4, 0.5) is 0 Å². The Labute approximate surface area is 188 Å². The van der Waals surface area contributed by atoms with Gasteiger partial charge >= 0.3 is 0 Å². The molecule has 1 amide bonds. The monoisotopic (exact) mass is 465 g/mol. The number of carbonyl (C=O) groups is 1. The second-order valence-corrected chi connectivity index (χ2v) is 8.08. The topological polar surface area (TPSA) is 76.1 Å². The Morgan fingerprint density at radius 3 is 2.73 bits per heavy atom. The SMILES string of the molecule is COCCCn1c(=S)[nH]c2cc(C(=O)NC(C)c3ccc(Cl)cc3Cl)ccc2c1=O. The number of halogens is 2. The van der Waals surface area contributed by atoms with Gasteiger partial charge in [-0.3, -0.25) is 14.2 Å². The molecule has 9 heteroatoms. The van der Waals surface area contributed by atoms with Crippen molar-refractivity contribution in [3.8, 4) is 0 Å². The van der Waals surface area contributed by atoms with Gasteiger partial charge < -0.3 is 15.0 Å². The highest BCUT2D eigenvalue weighted by Gasteiger charge is 2.15. The third-order valence-corrected chi connectivity index (χ3v) is 5.64. The number of hydrogen-bond donors (Lipinski definition) is 2. The Balaban J connectivity index is 1.86. The van der Waals surface area contributed by atoms with Crippen molar-refractivity contribution in [2.75, 3.05) is 13.7 Å². The predicted molar refractivity (Wildman–Crippen MR) is 122 cm³/mol. The molecule has 0 bridgehead atoms. The molecule has 0 aliphatic carbocycles. The summed E-state index contributed by atoms with van der Waals surface area (Å²) in [5, 5.41) is 4.38. The van der Waals surface area contributed by atoms with E-state index in [4.69, 9.17) is 40.2 Å². The number of carbonyl (C=O) groups excluding carboxylic acids is 1. The molecule has 0 saturated heterocycles. The third kappa shape index (κ3) is 4.92. The minimum atomic E-state index is -0.328. The molecule has 1 aromatic heterocycles. The Morgan fingerprint density at radius 2 is 2.03 bits per heavy atom. The highest BCUT2D eigenvalue weighted by molar-refractivity contribution is 7.71. The average Bonchev–Trinajstić information content (AvgIpc) is 2.69. The van der Waals surface area contributed by atoms with E-state index in [9.17, 15) is 9.59 Å². The van der Waals surface area contributed by atoms with Gasteiger partial charge in [0.2, 0.25) is 0 Å². The van der Waals surface area contributed by atoms with E-state index in [2.05, 4.69) is 10.3 Å². The summed E-state index contributed by atoms with van der Waals surface area (Å²) < 4.78 is 6.84. The van der Waals surface area contributed by atoms with Gasteiger partial charge in [0.25, 0.3) is 11.5 Å². The number of nitrogens with zero attached hydrogens (tertiary/aromatic N) is 1. The molecule has 0 radical (unpaired) electrons. The molecule has 0 fully saturated rings. The first-order chi connectivity index (χ1) is 14.3. The van der Waals surface area contributed by atoms with Crippen molar-refractivity contribution in [3.63, 3.8) is 0 Å². The lowest BCUT2D eigenvalue weighted by atomic mass is 10.1. The summed E-state index contributed by atoms with van der Waals surface area (Å²) in [7, 11) is 1.61. The summed E-state index contributed by atoms with van der Waals surface area (Å²) in [6, 6.07) is 9.67. The first-order valence-corrected chi connectivity index (χ1v) is 10.5. The van der Waals surface area contributed by atoms with Crippen LogP contribution in [0.5, 0.6) is 0 Å². The van der Waals surface area contributed by atoms with Crippen LogP contribution in [0.1, 0.15) is 35.3 Å². The smallest absolute Gasteiger partial charge is 0.262 e. The van der Waals surface area contributed by atoms with Crippen LogP contribution < -0.4 is 10.9 Å². The van der Waals surface area contributed by atoms with Crippen LogP contribution in [0, 0.1) is 4.77 Å². The van der Waals surface area contributed by atoms with Crippen molar-refractivity contribution >= 4 is 52.2 Å². The molecule has 2 aromatic carbocycles. The number of ether oxygens (including phenoxy) is 1. The van der Waals surface area contributed by atoms with Gasteiger partial charge in [-0.05, 0) is 61.5 Å². The number of hydrogen-bond acceptors (Lipinski definition) is 4. The van der Waals surface area contributed by atoms with Crippen LogP contribution in [0.25, 0.3) is 10.9 Å². The quantitative estimate of drug-likeness (QED) is 0.384. The maximum absolute atomic E-state index is 12.8. The molecule has 0 aliphatic heterocycles. The molecule has 1 heterocycles. The molecule has 1 atom stereocenters. The number of fused-ring (bicyclic) bond motifs is 1. The van der Waals surface area contributed by atoms with Crippen molar-refractivity contribution in [2.45, 2.75) is 25.9 Å².